The molecule has 9 nitrogen and oxygen atoms in total. The van der Waals surface area contributed by atoms with Gasteiger partial charge in [0, 0.05) is 11.3 Å². The molecule has 0 aromatic heterocycles. The van der Waals surface area contributed by atoms with Crippen molar-refractivity contribution in [2.45, 2.75) is 107 Å². The second-order valence-electron chi connectivity index (χ2n) is 11.5. The van der Waals surface area contributed by atoms with Crippen molar-refractivity contribution in [2.75, 3.05) is 13.7 Å². The van der Waals surface area contributed by atoms with Crippen molar-refractivity contribution in [1.82, 2.24) is 16.0 Å². The van der Waals surface area contributed by atoms with Crippen LogP contribution in [0, 0.1) is 5.92 Å². The number of nitrogens with one attached hydrogen (secondary N) is 3. The predicted octanol–water partition coefficient (Wildman–Crippen LogP) is 4.72. The quantitative estimate of drug-likeness (QED) is 0.453. The number of methoxy groups -OCH3 is 1. The van der Waals surface area contributed by atoms with Crippen LogP contribution in [0.15, 0.2) is 29.2 Å². The van der Waals surface area contributed by atoms with Crippen molar-refractivity contribution in [1.29, 1.82) is 0 Å². The van der Waals surface area contributed by atoms with Gasteiger partial charge in [0.15, 0.2) is 0 Å². The van der Waals surface area contributed by atoms with Crippen molar-refractivity contribution in [3.8, 4) is 0 Å². The summed E-state index contributed by atoms with van der Waals surface area (Å²) in [7, 11) is 1.29. The van der Waals surface area contributed by atoms with Crippen LogP contribution in [-0.4, -0.2) is 54.0 Å². The van der Waals surface area contributed by atoms with Gasteiger partial charge in [-0.15, -0.1) is 0 Å². The Labute approximate surface area is 236 Å². The lowest BCUT2D eigenvalue weighted by Crippen LogP contribution is -2.48. The summed E-state index contributed by atoms with van der Waals surface area (Å²) < 4.78 is 10.5. The minimum atomic E-state index is -0.786. The second kappa shape index (κ2) is 15.1. The average molecular weight is 564 g/mol. The van der Waals surface area contributed by atoms with E-state index < -0.39 is 34.5 Å². The summed E-state index contributed by atoms with van der Waals surface area (Å²) in [5.74, 6) is -0.882. The van der Waals surface area contributed by atoms with Crippen molar-refractivity contribution in [2.24, 2.45) is 5.92 Å². The highest BCUT2D eigenvalue weighted by atomic mass is 32.2. The molecule has 0 aliphatic carbocycles. The molecule has 3 amide bonds. The van der Waals surface area contributed by atoms with Crippen molar-refractivity contribution >= 4 is 35.6 Å². The summed E-state index contributed by atoms with van der Waals surface area (Å²) in [6.45, 7) is 9.59. The second-order valence-corrected chi connectivity index (χ2v) is 12.9. The molecule has 2 aliphatic heterocycles. The molecule has 39 heavy (non-hydrogen) atoms. The number of amides is 3. The molecule has 3 N–H and O–H groups in total. The Morgan fingerprint density at radius 1 is 1.08 bits per heavy atom. The molecule has 2 bridgehead atoms. The average Bonchev–Trinajstić information content (AvgIpc) is 2.83. The molecule has 1 aromatic carbocycles. The number of ether oxygens (including phenoxy) is 2. The van der Waals surface area contributed by atoms with Gasteiger partial charge in [-0.05, 0) is 70.1 Å². The summed E-state index contributed by atoms with van der Waals surface area (Å²) in [4.78, 5) is 50.3. The molecular weight excluding hydrogens is 518 g/mol. The van der Waals surface area contributed by atoms with Gasteiger partial charge in [-0.25, -0.2) is 9.59 Å². The Morgan fingerprint density at radius 2 is 1.77 bits per heavy atom. The molecule has 0 fully saturated rings. The zero-order valence-electron chi connectivity index (χ0n) is 24.2. The molecule has 2 heterocycles. The Morgan fingerprint density at radius 3 is 2.38 bits per heavy atom. The maximum absolute atomic E-state index is 13.0. The number of alkyl carbamates (subject to hydrolysis) is 1. The zero-order chi connectivity index (χ0) is 29.1. The highest BCUT2D eigenvalue weighted by molar-refractivity contribution is 8.00. The molecule has 0 saturated heterocycles. The molecule has 0 saturated carbocycles. The number of fused-ring (bicyclic) bond motifs is 16. The van der Waals surface area contributed by atoms with Crippen molar-refractivity contribution in [3.63, 3.8) is 0 Å². The normalized spacial score (nSPS) is 22.1. The fourth-order valence-electron chi connectivity index (χ4n) is 4.53. The van der Waals surface area contributed by atoms with E-state index >= 15 is 0 Å². The standard InChI is InChI=1S/C29H45N3O6S/c1-20(2)18-29(32-27(36)38-28(3,4)5)17-9-7-8-10-23(26(35)37-6)31-25(34)19-30-24(33)16-13-21-11-14-22(39-29)15-12-21/h11-12,14-15,20,23H,7-10,13,16-19H2,1-6H3,(H,30,33)(H,31,34)(H,32,36). The third kappa shape index (κ3) is 12.3. The number of aryl methyl sites for hydroxylation is 1. The van der Waals surface area contributed by atoms with Gasteiger partial charge < -0.3 is 25.4 Å². The minimum Gasteiger partial charge on any atom is -0.467 e. The van der Waals surface area contributed by atoms with E-state index in [1.165, 1.54) is 7.11 Å². The fourth-order valence-corrected chi connectivity index (χ4v) is 6.05. The van der Waals surface area contributed by atoms with Crippen LogP contribution in [0.1, 0.15) is 85.1 Å². The van der Waals surface area contributed by atoms with Gasteiger partial charge >= 0.3 is 12.1 Å². The Hall–Kier alpha value is -2.75. The van der Waals surface area contributed by atoms with Gasteiger partial charge in [0.2, 0.25) is 11.8 Å². The summed E-state index contributed by atoms with van der Waals surface area (Å²) >= 11 is 1.62. The molecule has 3 rings (SSSR count). The third-order valence-corrected chi connectivity index (χ3v) is 7.56. The first kappa shape index (κ1) is 32.5. The molecule has 0 spiro atoms. The number of hydrogen-bond acceptors (Lipinski definition) is 7. The molecule has 2 unspecified atom stereocenters. The van der Waals surface area contributed by atoms with Crippen LogP contribution in [0.25, 0.3) is 0 Å². The van der Waals surface area contributed by atoms with Crippen LogP contribution < -0.4 is 16.0 Å². The summed E-state index contributed by atoms with van der Waals surface area (Å²) in [6.07, 6.45) is 4.41. The molecule has 1 aromatic rings. The van der Waals surface area contributed by atoms with E-state index in [2.05, 4.69) is 29.8 Å². The Kier molecular flexibility index (Phi) is 12.6. The number of thioether (sulfide) groups is 1. The SMILES string of the molecule is COC(=O)C1CCCCCC(CC(C)C)(NC(=O)OC(C)(C)C)Sc2ccc(cc2)CCC(=O)NCC(=O)N1. The lowest BCUT2D eigenvalue weighted by Gasteiger charge is -2.36. The first-order chi connectivity index (χ1) is 18.3. The fraction of sp³-hybridized carbons (Fsp3) is 0.655. The summed E-state index contributed by atoms with van der Waals surface area (Å²) in [5.41, 5.74) is 0.376. The van der Waals surface area contributed by atoms with E-state index in [1.54, 1.807) is 11.8 Å². The van der Waals surface area contributed by atoms with Gasteiger partial charge in [-0.3, -0.25) is 9.59 Å². The number of benzene rings is 1. The largest absolute Gasteiger partial charge is 0.467 e. The topological polar surface area (TPSA) is 123 Å². The highest BCUT2D eigenvalue weighted by Crippen LogP contribution is 2.40. The summed E-state index contributed by atoms with van der Waals surface area (Å²) in [5, 5.41) is 8.50. The van der Waals surface area contributed by atoms with Crippen LogP contribution >= 0.6 is 11.8 Å². The Bertz CT molecular complexity index is 976. The van der Waals surface area contributed by atoms with Crippen LogP contribution in [-0.2, 0) is 30.3 Å². The van der Waals surface area contributed by atoms with Crippen LogP contribution in [0.3, 0.4) is 0 Å². The number of carbonyl (C=O) groups excluding carboxylic acids is 4. The first-order valence-corrected chi connectivity index (χ1v) is 14.6. The van der Waals surface area contributed by atoms with E-state index in [9.17, 15) is 19.2 Å². The lowest BCUT2D eigenvalue weighted by molar-refractivity contribution is -0.145. The molecule has 10 heteroatoms. The molecule has 2 aliphatic rings. The maximum atomic E-state index is 13.0. The zero-order valence-corrected chi connectivity index (χ0v) is 25.0. The minimum absolute atomic E-state index is 0.198. The van der Waals surface area contributed by atoms with E-state index in [1.807, 2.05) is 45.0 Å². The number of carbonyl (C=O) groups is 4. The predicted molar refractivity (Wildman–Crippen MR) is 152 cm³/mol. The van der Waals surface area contributed by atoms with Crippen molar-refractivity contribution in [3.05, 3.63) is 29.8 Å². The molecule has 2 atom stereocenters. The summed E-state index contributed by atoms with van der Waals surface area (Å²) in [6, 6.07) is 7.24. The number of hydrogen-bond donors (Lipinski definition) is 3. The van der Waals surface area contributed by atoms with Gasteiger partial charge in [-0.1, -0.05) is 57.0 Å². The van der Waals surface area contributed by atoms with Crippen LogP contribution in [0.5, 0.6) is 0 Å². The van der Waals surface area contributed by atoms with Crippen LogP contribution in [0.4, 0.5) is 4.79 Å². The van der Waals surface area contributed by atoms with Crippen LogP contribution in [0.2, 0.25) is 0 Å². The lowest BCUT2D eigenvalue weighted by atomic mass is 9.97. The van der Waals surface area contributed by atoms with Gasteiger partial charge in [0.1, 0.15) is 11.6 Å². The smallest absolute Gasteiger partial charge is 0.408 e. The van der Waals surface area contributed by atoms with E-state index in [-0.39, 0.29) is 18.9 Å². The molecule has 0 radical (unpaired) electrons. The van der Waals surface area contributed by atoms with Gasteiger partial charge in [-0.2, -0.15) is 0 Å². The number of esters is 1. The van der Waals surface area contributed by atoms with E-state index in [0.29, 0.717) is 31.6 Å². The van der Waals surface area contributed by atoms with E-state index in [0.717, 1.165) is 29.7 Å². The van der Waals surface area contributed by atoms with Crippen molar-refractivity contribution < 1.29 is 28.7 Å². The number of rotatable bonds is 4. The first-order valence-electron chi connectivity index (χ1n) is 13.7. The Balaban J connectivity index is 2.32. The molecular formula is C29H45N3O6S. The van der Waals surface area contributed by atoms with Gasteiger partial charge in [0.25, 0.3) is 0 Å². The maximum Gasteiger partial charge on any atom is 0.408 e. The highest BCUT2D eigenvalue weighted by Gasteiger charge is 2.35. The molecule has 218 valence electrons. The monoisotopic (exact) mass is 563 g/mol. The third-order valence-electron chi connectivity index (χ3n) is 6.18. The van der Waals surface area contributed by atoms with E-state index in [4.69, 9.17) is 9.47 Å². The van der Waals surface area contributed by atoms with Gasteiger partial charge in [0.05, 0.1) is 18.5 Å².